The molecule has 0 amide bonds. The summed E-state index contributed by atoms with van der Waals surface area (Å²) >= 11 is 4.37. The molecule has 1 aromatic heterocycles. The first-order valence-corrected chi connectivity index (χ1v) is 7.51. The summed E-state index contributed by atoms with van der Waals surface area (Å²) in [6, 6.07) is 6.36. The molecule has 2 rings (SSSR count). The molecule has 21 heavy (non-hydrogen) atoms. The van der Waals surface area contributed by atoms with Gasteiger partial charge in [-0.1, -0.05) is 11.3 Å². The fourth-order valence-corrected chi connectivity index (χ4v) is 2.94. The van der Waals surface area contributed by atoms with E-state index in [4.69, 9.17) is 9.47 Å². The van der Waals surface area contributed by atoms with Gasteiger partial charge >= 0.3 is 5.69 Å². The minimum atomic E-state index is -0.787. The number of nitro groups is 1. The van der Waals surface area contributed by atoms with Gasteiger partial charge in [0, 0.05) is 10.9 Å². The van der Waals surface area contributed by atoms with Crippen LogP contribution in [-0.4, -0.2) is 17.1 Å². The van der Waals surface area contributed by atoms with Gasteiger partial charge in [-0.3, -0.25) is 10.1 Å². The maximum atomic E-state index is 11.1. The molecule has 6 nitrogen and oxygen atoms in total. The molecular weight excluding hydrogens is 362 g/mol. The molecular formula is C13H12BrNO5S. The molecule has 0 fully saturated rings. The lowest BCUT2D eigenvalue weighted by Gasteiger charge is -2.07. The molecule has 0 radical (unpaired) electrons. The number of methoxy groups -OCH3 is 1. The van der Waals surface area contributed by atoms with Crippen molar-refractivity contribution in [3.8, 4) is 16.6 Å². The maximum absolute atomic E-state index is 11.1. The number of aliphatic hydroxyl groups excluding tert-OH is 1. The Kier molecular flexibility index (Phi) is 4.81. The summed E-state index contributed by atoms with van der Waals surface area (Å²) in [5, 5.41) is 20.7. The Morgan fingerprint density at radius 3 is 2.67 bits per heavy atom. The Morgan fingerprint density at radius 2 is 2.14 bits per heavy atom. The minimum Gasteiger partial charge on any atom is -0.497 e. The summed E-state index contributed by atoms with van der Waals surface area (Å²) in [6.45, 7) is 1.54. The van der Waals surface area contributed by atoms with Gasteiger partial charge in [0.2, 0.25) is 0 Å². The zero-order valence-corrected chi connectivity index (χ0v) is 13.6. The molecule has 0 saturated heterocycles. The predicted octanol–water partition coefficient (Wildman–Crippen LogP) is 4.27. The molecule has 0 aliphatic rings. The van der Waals surface area contributed by atoms with Crippen LogP contribution in [0.25, 0.3) is 0 Å². The van der Waals surface area contributed by atoms with Crippen LogP contribution in [0.15, 0.2) is 28.7 Å². The lowest BCUT2D eigenvalue weighted by molar-refractivity contribution is -0.385. The average Bonchev–Trinajstić information content (AvgIpc) is 2.85. The van der Waals surface area contributed by atoms with Crippen LogP contribution in [0.1, 0.15) is 17.9 Å². The van der Waals surface area contributed by atoms with E-state index < -0.39 is 11.0 Å². The first-order valence-electron chi connectivity index (χ1n) is 5.90. The second-order valence-electron chi connectivity index (χ2n) is 4.15. The summed E-state index contributed by atoms with van der Waals surface area (Å²) < 4.78 is 11.3. The highest BCUT2D eigenvalue weighted by atomic mass is 79.9. The van der Waals surface area contributed by atoms with Gasteiger partial charge in [0.25, 0.3) is 5.06 Å². The third kappa shape index (κ3) is 3.52. The van der Waals surface area contributed by atoms with Crippen molar-refractivity contribution in [3.63, 3.8) is 0 Å². The van der Waals surface area contributed by atoms with Gasteiger partial charge in [-0.2, -0.15) is 0 Å². The van der Waals surface area contributed by atoms with Crippen LogP contribution in [0.5, 0.6) is 16.6 Å². The van der Waals surface area contributed by atoms with Crippen LogP contribution in [0.4, 0.5) is 5.69 Å². The van der Waals surface area contributed by atoms with Gasteiger partial charge in [0.1, 0.15) is 11.5 Å². The third-order valence-electron chi connectivity index (χ3n) is 2.65. The van der Waals surface area contributed by atoms with E-state index in [1.165, 1.54) is 6.07 Å². The van der Waals surface area contributed by atoms with Gasteiger partial charge < -0.3 is 14.6 Å². The highest BCUT2D eigenvalue weighted by Crippen LogP contribution is 2.43. The van der Waals surface area contributed by atoms with Crippen molar-refractivity contribution in [3.05, 3.63) is 43.7 Å². The van der Waals surface area contributed by atoms with Crippen molar-refractivity contribution in [2.45, 2.75) is 13.0 Å². The zero-order valence-electron chi connectivity index (χ0n) is 11.2. The molecule has 0 aliphatic carbocycles. The largest absolute Gasteiger partial charge is 0.497 e. The number of benzene rings is 1. The zero-order chi connectivity index (χ0) is 15.6. The second-order valence-corrected chi connectivity index (χ2v) is 6.05. The van der Waals surface area contributed by atoms with E-state index in [-0.39, 0.29) is 10.8 Å². The molecule has 1 unspecified atom stereocenters. The number of halogens is 1. The lowest BCUT2D eigenvalue weighted by atomic mass is 10.3. The van der Waals surface area contributed by atoms with Crippen LogP contribution in [-0.2, 0) is 0 Å². The Balaban J connectivity index is 2.36. The van der Waals surface area contributed by atoms with E-state index in [2.05, 4.69) is 15.9 Å². The average molecular weight is 374 g/mol. The van der Waals surface area contributed by atoms with Crippen LogP contribution in [0.2, 0.25) is 0 Å². The van der Waals surface area contributed by atoms with E-state index in [1.807, 2.05) is 0 Å². The van der Waals surface area contributed by atoms with E-state index in [9.17, 15) is 15.2 Å². The number of hydrogen-bond acceptors (Lipinski definition) is 6. The Hall–Kier alpha value is -1.64. The molecule has 0 bridgehead atoms. The topological polar surface area (TPSA) is 81.8 Å². The highest BCUT2D eigenvalue weighted by Gasteiger charge is 2.23. The maximum Gasteiger partial charge on any atom is 0.323 e. The monoisotopic (exact) mass is 373 g/mol. The number of rotatable bonds is 5. The van der Waals surface area contributed by atoms with E-state index >= 15 is 0 Å². The summed E-state index contributed by atoms with van der Waals surface area (Å²) in [5.41, 5.74) is -0.168. The van der Waals surface area contributed by atoms with Crippen molar-refractivity contribution in [2.24, 2.45) is 0 Å². The SMILES string of the molecule is COc1ccc(Oc2sc(C(C)O)cc2[N+](=O)[O-])c(Br)c1. The second kappa shape index (κ2) is 6.42. The number of ether oxygens (including phenoxy) is 2. The van der Waals surface area contributed by atoms with E-state index in [1.54, 1.807) is 32.2 Å². The normalized spacial score (nSPS) is 12.0. The number of hydrogen-bond donors (Lipinski definition) is 1. The molecule has 0 aliphatic heterocycles. The fourth-order valence-electron chi connectivity index (χ4n) is 1.58. The molecule has 1 aromatic carbocycles. The van der Waals surface area contributed by atoms with Gasteiger partial charge in [-0.25, -0.2) is 0 Å². The highest BCUT2D eigenvalue weighted by molar-refractivity contribution is 9.10. The minimum absolute atomic E-state index is 0.127. The number of aliphatic hydroxyl groups is 1. The fraction of sp³-hybridized carbons (Fsp3) is 0.231. The molecule has 112 valence electrons. The van der Waals surface area contributed by atoms with Crippen LogP contribution in [0, 0.1) is 10.1 Å². The van der Waals surface area contributed by atoms with Gasteiger partial charge in [0.15, 0.2) is 0 Å². The van der Waals surface area contributed by atoms with Crippen molar-refractivity contribution in [1.82, 2.24) is 0 Å². The summed E-state index contributed by atoms with van der Waals surface area (Å²) in [6.07, 6.45) is -0.787. The molecule has 0 spiro atoms. The van der Waals surface area contributed by atoms with Crippen LogP contribution >= 0.6 is 27.3 Å². The van der Waals surface area contributed by atoms with Crippen LogP contribution < -0.4 is 9.47 Å². The van der Waals surface area contributed by atoms with Crippen LogP contribution in [0.3, 0.4) is 0 Å². The Morgan fingerprint density at radius 1 is 1.43 bits per heavy atom. The van der Waals surface area contributed by atoms with Gasteiger partial charge in [0.05, 0.1) is 22.6 Å². The molecule has 0 saturated carbocycles. The Labute approximate surface area is 133 Å². The van der Waals surface area contributed by atoms with Crippen molar-refractivity contribution >= 4 is 33.0 Å². The summed E-state index contributed by atoms with van der Waals surface area (Å²) in [5.74, 6) is 1.07. The first-order chi connectivity index (χ1) is 9.92. The third-order valence-corrected chi connectivity index (χ3v) is 4.44. The summed E-state index contributed by atoms with van der Waals surface area (Å²) in [7, 11) is 1.54. The quantitative estimate of drug-likeness (QED) is 0.624. The molecule has 8 heteroatoms. The van der Waals surface area contributed by atoms with Crippen molar-refractivity contribution < 1.29 is 19.5 Å². The van der Waals surface area contributed by atoms with E-state index in [0.29, 0.717) is 20.8 Å². The molecule has 1 heterocycles. The Bertz CT molecular complexity index is 671. The van der Waals surface area contributed by atoms with E-state index in [0.717, 1.165) is 11.3 Å². The van der Waals surface area contributed by atoms with Crippen molar-refractivity contribution in [2.75, 3.05) is 7.11 Å². The number of nitrogens with zero attached hydrogens (tertiary/aromatic N) is 1. The molecule has 1 atom stereocenters. The molecule has 2 aromatic rings. The smallest absolute Gasteiger partial charge is 0.323 e. The van der Waals surface area contributed by atoms with Gasteiger partial charge in [-0.05, 0) is 41.1 Å². The predicted molar refractivity (Wildman–Crippen MR) is 82.4 cm³/mol. The molecule has 1 N–H and O–H groups in total. The van der Waals surface area contributed by atoms with Gasteiger partial charge in [-0.15, -0.1) is 0 Å². The lowest BCUT2D eigenvalue weighted by Crippen LogP contribution is -1.90. The summed E-state index contributed by atoms with van der Waals surface area (Å²) in [4.78, 5) is 11.0. The van der Waals surface area contributed by atoms with Crippen molar-refractivity contribution in [1.29, 1.82) is 0 Å². The first kappa shape index (κ1) is 15.7. The number of thiophene rings is 1. The standard InChI is InChI=1S/C13H12BrNO5S/c1-7(16)12-6-10(15(17)18)13(21-12)20-11-4-3-8(19-2)5-9(11)14/h3-7,16H,1-2H3.